The minimum Gasteiger partial charge on any atom is -0.397 e. The van der Waals surface area contributed by atoms with Crippen LogP contribution >= 0.6 is 11.6 Å². The number of carbonyl (C=O) groups excluding carboxylic acids is 2. The van der Waals surface area contributed by atoms with Crippen LogP contribution in [0.2, 0.25) is 5.02 Å². The van der Waals surface area contributed by atoms with Gasteiger partial charge in [0, 0.05) is 0 Å². The van der Waals surface area contributed by atoms with Gasteiger partial charge < -0.3 is 16.4 Å². The van der Waals surface area contributed by atoms with Crippen LogP contribution in [0.4, 0.5) is 17.1 Å². The number of anilines is 3. The lowest BCUT2D eigenvalue weighted by atomic mass is 10.1. The first-order chi connectivity index (χ1) is 10.8. The first-order valence-electron chi connectivity index (χ1n) is 7.03. The predicted octanol–water partition coefficient (Wildman–Crippen LogP) is 3.42. The average Bonchev–Trinajstić information content (AvgIpc) is 2.45. The van der Waals surface area contributed by atoms with Gasteiger partial charge in [0.15, 0.2) is 0 Å². The highest BCUT2D eigenvalue weighted by Crippen LogP contribution is 2.27. The van der Waals surface area contributed by atoms with Gasteiger partial charge in [-0.2, -0.15) is 0 Å². The van der Waals surface area contributed by atoms with Gasteiger partial charge in [0.05, 0.1) is 22.1 Å². The number of rotatable bonds is 2. The summed E-state index contributed by atoms with van der Waals surface area (Å²) < 4.78 is 0. The third kappa shape index (κ3) is 4.02. The maximum atomic E-state index is 12.1. The van der Waals surface area contributed by atoms with E-state index in [1.165, 1.54) is 0 Å². The van der Waals surface area contributed by atoms with E-state index in [0.717, 1.165) is 16.7 Å². The number of hydrogen-bond donors (Lipinski definition) is 3. The van der Waals surface area contributed by atoms with Crippen LogP contribution in [0.1, 0.15) is 16.7 Å². The van der Waals surface area contributed by atoms with E-state index in [0.29, 0.717) is 22.1 Å². The summed E-state index contributed by atoms with van der Waals surface area (Å²) in [5, 5.41) is 5.41. The van der Waals surface area contributed by atoms with Crippen LogP contribution in [-0.4, -0.2) is 11.8 Å². The summed E-state index contributed by atoms with van der Waals surface area (Å²) in [6.07, 6.45) is 0. The van der Waals surface area contributed by atoms with Gasteiger partial charge in [0.1, 0.15) is 0 Å². The van der Waals surface area contributed by atoms with E-state index >= 15 is 0 Å². The molecular weight excluding hydrogens is 314 g/mol. The first-order valence-corrected chi connectivity index (χ1v) is 7.41. The molecule has 6 heteroatoms. The highest BCUT2D eigenvalue weighted by Gasteiger charge is 2.17. The van der Waals surface area contributed by atoms with Crippen LogP contribution in [0, 0.1) is 20.8 Å². The molecule has 2 amide bonds. The smallest absolute Gasteiger partial charge is 0.314 e. The maximum Gasteiger partial charge on any atom is 0.314 e. The third-order valence-corrected chi connectivity index (χ3v) is 3.63. The quantitative estimate of drug-likeness (QED) is 0.582. The van der Waals surface area contributed by atoms with E-state index in [1.54, 1.807) is 24.3 Å². The third-order valence-electron chi connectivity index (χ3n) is 3.33. The molecule has 2 rings (SSSR count). The second kappa shape index (κ2) is 6.71. The van der Waals surface area contributed by atoms with Crippen LogP contribution < -0.4 is 16.4 Å². The molecular formula is C17H18ClN3O2. The molecule has 0 aliphatic carbocycles. The Bertz CT molecular complexity index is 764. The average molecular weight is 332 g/mol. The molecule has 0 bridgehead atoms. The normalized spacial score (nSPS) is 10.3. The number of aryl methyl sites for hydroxylation is 3. The Labute approximate surface area is 139 Å². The molecule has 4 N–H and O–H groups in total. The van der Waals surface area contributed by atoms with Gasteiger partial charge in [-0.25, -0.2) is 0 Å². The topological polar surface area (TPSA) is 84.2 Å². The summed E-state index contributed by atoms with van der Waals surface area (Å²) in [6, 6.07) is 8.76. The number of hydrogen-bond acceptors (Lipinski definition) is 3. The van der Waals surface area contributed by atoms with E-state index in [9.17, 15) is 9.59 Å². The van der Waals surface area contributed by atoms with Gasteiger partial charge in [-0.05, 0) is 55.7 Å². The summed E-state index contributed by atoms with van der Waals surface area (Å²) in [7, 11) is 0. The Balaban J connectivity index is 2.13. The van der Waals surface area contributed by atoms with Crippen molar-refractivity contribution in [3.8, 4) is 0 Å². The minimum atomic E-state index is -0.809. The summed E-state index contributed by atoms with van der Waals surface area (Å²) in [6.45, 7) is 5.60. The zero-order valence-corrected chi connectivity index (χ0v) is 13.9. The van der Waals surface area contributed by atoms with Crippen LogP contribution in [0.5, 0.6) is 0 Å². The lowest BCUT2D eigenvalue weighted by Crippen LogP contribution is -2.29. The van der Waals surface area contributed by atoms with Crippen molar-refractivity contribution in [2.24, 2.45) is 0 Å². The molecule has 0 saturated carbocycles. The molecule has 0 aliphatic rings. The largest absolute Gasteiger partial charge is 0.397 e. The number of benzene rings is 2. The fourth-order valence-electron chi connectivity index (χ4n) is 2.22. The van der Waals surface area contributed by atoms with E-state index in [2.05, 4.69) is 10.6 Å². The molecule has 120 valence electrons. The van der Waals surface area contributed by atoms with Crippen molar-refractivity contribution in [1.29, 1.82) is 0 Å². The molecule has 5 nitrogen and oxygen atoms in total. The zero-order chi connectivity index (χ0) is 17.1. The zero-order valence-electron chi connectivity index (χ0n) is 13.2. The summed E-state index contributed by atoms with van der Waals surface area (Å²) in [5.41, 5.74) is 9.76. The minimum absolute atomic E-state index is 0.387. The number of halogens is 1. The highest BCUT2D eigenvalue weighted by atomic mass is 35.5. The highest BCUT2D eigenvalue weighted by molar-refractivity contribution is 6.45. The van der Waals surface area contributed by atoms with Crippen molar-refractivity contribution in [2.45, 2.75) is 20.8 Å². The van der Waals surface area contributed by atoms with E-state index in [4.69, 9.17) is 17.3 Å². The predicted molar refractivity (Wildman–Crippen MR) is 93.8 cm³/mol. The van der Waals surface area contributed by atoms with Crippen LogP contribution in [0.15, 0.2) is 30.3 Å². The summed E-state index contributed by atoms with van der Waals surface area (Å²) in [5.74, 6) is -1.62. The molecule has 2 aromatic rings. The summed E-state index contributed by atoms with van der Waals surface area (Å²) in [4.78, 5) is 24.1. The van der Waals surface area contributed by atoms with Gasteiger partial charge in [-0.3, -0.25) is 9.59 Å². The number of nitrogen functional groups attached to an aromatic ring is 1. The van der Waals surface area contributed by atoms with Crippen molar-refractivity contribution in [1.82, 2.24) is 0 Å². The van der Waals surface area contributed by atoms with Crippen molar-refractivity contribution in [3.05, 3.63) is 52.0 Å². The Morgan fingerprint density at radius 2 is 1.61 bits per heavy atom. The van der Waals surface area contributed by atoms with Gasteiger partial charge in [0.2, 0.25) is 0 Å². The molecule has 0 atom stereocenters. The second-order valence-corrected chi connectivity index (χ2v) is 5.84. The number of nitrogens with one attached hydrogen (secondary N) is 2. The second-order valence-electron chi connectivity index (χ2n) is 5.44. The fourth-order valence-corrected chi connectivity index (χ4v) is 2.59. The number of amides is 2. The van der Waals surface area contributed by atoms with Crippen molar-refractivity contribution >= 4 is 40.5 Å². The van der Waals surface area contributed by atoms with Gasteiger partial charge >= 0.3 is 11.8 Å². The van der Waals surface area contributed by atoms with E-state index in [-0.39, 0.29) is 0 Å². The molecule has 0 fully saturated rings. The Morgan fingerprint density at radius 1 is 0.957 bits per heavy atom. The molecule has 2 aromatic carbocycles. The van der Waals surface area contributed by atoms with Crippen molar-refractivity contribution < 1.29 is 9.59 Å². The molecule has 0 heterocycles. The SMILES string of the molecule is Cc1ccc(NC(=O)C(=O)Nc2c(C)cc(C)cc2Cl)c(N)c1. The monoisotopic (exact) mass is 331 g/mol. The van der Waals surface area contributed by atoms with Gasteiger partial charge in [-0.1, -0.05) is 23.7 Å². The van der Waals surface area contributed by atoms with E-state index in [1.807, 2.05) is 26.8 Å². The summed E-state index contributed by atoms with van der Waals surface area (Å²) >= 11 is 6.12. The number of carbonyl (C=O) groups is 2. The first kappa shape index (κ1) is 16.8. The van der Waals surface area contributed by atoms with Gasteiger partial charge in [-0.15, -0.1) is 0 Å². The Kier molecular flexibility index (Phi) is 4.91. The molecule has 0 aromatic heterocycles. The molecule has 0 unspecified atom stereocenters. The molecule has 0 radical (unpaired) electrons. The van der Waals surface area contributed by atoms with Crippen LogP contribution in [0.3, 0.4) is 0 Å². The molecule has 0 aliphatic heterocycles. The van der Waals surface area contributed by atoms with Crippen LogP contribution in [0.25, 0.3) is 0 Å². The van der Waals surface area contributed by atoms with Crippen molar-refractivity contribution in [2.75, 3.05) is 16.4 Å². The molecule has 0 spiro atoms. The van der Waals surface area contributed by atoms with Crippen molar-refractivity contribution in [3.63, 3.8) is 0 Å². The Morgan fingerprint density at radius 3 is 2.22 bits per heavy atom. The Hall–Kier alpha value is -2.53. The lowest BCUT2D eigenvalue weighted by molar-refractivity contribution is -0.132. The van der Waals surface area contributed by atoms with Crippen LogP contribution in [-0.2, 0) is 9.59 Å². The standard InChI is InChI=1S/C17H18ClN3O2/c1-9-4-5-14(13(19)8-9)20-16(22)17(23)21-15-11(3)6-10(2)7-12(15)18/h4-8H,19H2,1-3H3,(H,20,22)(H,21,23). The molecule has 0 saturated heterocycles. The fraction of sp³-hybridized carbons (Fsp3) is 0.176. The maximum absolute atomic E-state index is 12.1. The van der Waals surface area contributed by atoms with Gasteiger partial charge in [0.25, 0.3) is 0 Å². The van der Waals surface area contributed by atoms with E-state index < -0.39 is 11.8 Å². The number of nitrogens with two attached hydrogens (primary N) is 1. The molecule has 23 heavy (non-hydrogen) atoms. The lowest BCUT2D eigenvalue weighted by Gasteiger charge is -2.12.